The molecule has 9 heavy (non-hydrogen) atoms. The standard InChI is InChI=1S/C4H6N4O/c5-3-4(6)8-2(9)1-7-3/h1H,(H2,5,7)(H3,6,8,9). The van der Waals surface area contributed by atoms with Crippen molar-refractivity contribution >= 4 is 11.6 Å². The first kappa shape index (κ1) is 5.61. The zero-order valence-electron chi connectivity index (χ0n) is 4.59. The van der Waals surface area contributed by atoms with E-state index in [9.17, 15) is 4.79 Å². The molecular formula is C4H6N4O. The molecular weight excluding hydrogens is 120 g/mol. The van der Waals surface area contributed by atoms with Gasteiger partial charge in [-0.25, -0.2) is 4.98 Å². The summed E-state index contributed by atoms with van der Waals surface area (Å²) in [4.78, 5) is 16.1. The van der Waals surface area contributed by atoms with Crippen molar-refractivity contribution in [3.05, 3.63) is 16.6 Å². The van der Waals surface area contributed by atoms with Gasteiger partial charge in [0.05, 0.1) is 6.20 Å². The summed E-state index contributed by atoms with van der Waals surface area (Å²) in [7, 11) is 0. The van der Waals surface area contributed by atoms with Crippen LogP contribution in [0, 0.1) is 0 Å². The average Bonchev–Trinajstić information content (AvgIpc) is 1.80. The Morgan fingerprint density at radius 1 is 1.56 bits per heavy atom. The number of nitrogen functional groups attached to an aromatic ring is 2. The molecule has 1 aromatic heterocycles. The van der Waals surface area contributed by atoms with Crippen molar-refractivity contribution in [2.24, 2.45) is 0 Å². The van der Waals surface area contributed by atoms with Gasteiger partial charge < -0.3 is 16.5 Å². The van der Waals surface area contributed by atoms with Gasteiger partial charge in [-0.1, -0.05) is 0 Å². The number of anilines is 2. The van der Waals surface area contributed by atoms with Gasteiger partial charge in [0.15, 0.2) is 5.82 Å². The highest BCUT2D eigenvalue weighted by atomic mass is 16.1. The fourth-order valence-corrected chi connectivity index (χ4v) is 0.427. The van der Waals surface area contributed by atoms with Gasteiger partial charge in [0.25, 0.3) is 5.56 Å². The number of hydrogen-bond acceptors (Lipinski definition) is 4. The average molecular weight is 126 g/mol. The fraction of sp³-hybridized carbons (Fsp3) is 0. The molecule has 0 aliphatic rings. The summed E-state index contributed by atoms with van der Waals surface area (Å²) in [6, 6.07) is 0. The second-order valence-corrected chi connectivity index (χ2v) is 1.55. The number of rotatable bonds is 0. The molecule has 1 rings (SSSR count). The van der Waals surface area contributed by atoms with Crippen LogP contribution in [0.2, 0.25) is 0 Å². The van der Waals surface area contributed by atoms with Crippen LogP contribution in [0.15, 0.2) is 11.0 Å². The maximum atomic E-state index is 10.4. The van der Waals surface area contributed by atoms with Crippen LogP contribution in [0.1, 0.15) is 0 Å². The Bertz CT molecular complexity index is 266. The van der Waals surface area contributed by atoms with Gasteiger partial charge in [0.1, 0.15) is 5.82 Å². The van der Waals surface area contributed by atoms with Crippen molar-refractivity contribution in [1.82, 2.24) is 9.97 Å². The van der Waals surface area contributed by atoms with E-state index >= 15 is 0 Å². The predicted molar refractivity (Wildman–Crippen MR) is 33.7 cm³/mol. The van der Waals surface area contributed by atoms with E-state index in [0.717, 1.165) is 6.20 Å². The molecule has 0 unspecified atom stereocenters. The lowest BCUT2D eigenvalue weighted by Gasteiger charge is -1.93. The Morgan fingerprint density at radius 2 is 2.22 bits per heavy atom. The lowest BCUT2D eigenvalue weighted by atomic mass is 10.6. The summed E-state index contributed by atoms with van der Waals surface area (Å²) in [5.41, 5.74) is 10.0. The van der Waals surface area contributed by atoms with E-state index in [1.165, 1.54) is 0 Å². The number of nitrogens with zero attached hydrogens (tertiary/aromatic N) is 1. The summed E-state index contributed by atoms with van der Waals surface area (Å²) in [5, 5.41) is 0. The Kier molecular flexibility index (Phi) is 1.11. The zero-order valence-corrected chi connectivity index (χ0v) is 4.59. The molecule has 48 valence electrons. The topological polar surface area (TPSA) is 97.8 Å². The number of aromatic nitrogens is 2. The third kappa shape index (κ3) is 0.987. The number of nitrogens with two attached hydrogens (primary N) is 2. The quantitative estimate of drug-likeness (QED) is 0.412. The minimum absolute atomic E-state index is 0.113. The van der Waals surface area contributed by atoms with Crippen LogP contribution in [0.3, 0.4) is 0 Å². The molecule has 0 spiro atoms. The lowest BCUT2D eigenvalue weighted by Crippen LogP contribution is -2.11. The summed E-state index contributed by atoms with van der Waals surface area (Å²) in [6.45, 7) is 0. The van der Waals surface area contributed by atoms with Crippen LogP contribution in [-0.2, 0) is 0 Å². The first-order chi connectivity index (χ1) is 4.20. The highest BCUT2D eigenvalue weighted by molar-refractivity contribution is 5.50. The Morgan fingerprint density at radius 3 is 2.67 bits per heavy atom. The number of nitrogens with one attached hydrogen (secondary N) is 1. The molecule has 5 nitrogen and oxygen atoms in total. The minimum atomic E-state index is -0.346. The molecule has 0 saturated heterocycles. The fourth-order valence-electron chi connectivity index (χ4n) is 0.427. The summed E-state index contributed by atoms with van der Waals surface area (Å²) < 4.78 is 0. The number of H-pyrrole nitrogens is 1. The first-order valence-corrected chi connectivity index (χ1v) is 2.30. The molecule has 0 radical (unpaired) electrons. The molecule has 0 aliphatic heterocycles. The van der Waals surface area contributed by atoms with E-state index in [2.05, 4.69) is 9.97 Å². The van der Waals surface area contributed by atoms with E-state index < -0.39 is 0 Å². The second kappa shape index (κ2) is 1.77. The third-order valence-electron chi connectivity index (χ3n) is 0.855. The molecule has 5 N–H and O–H groups in total. The van der Waals surface area contributed by atoms with E-state index in [0.29, 0.717) is 0 Å². The predicted octanol–water partition coefficient (Wildman–Crippen LogP) is -1.07. The van der Waals surface area contributed by atoms with E-state index in [4.69, 9.17) is 11.5 Å². The van der Waals surface area contributed by atoms with Crippen LogP contribution in [0.25, 0.3) is 0 Å². The maximum absolute atomic E-state index is 10.4. The van der Waals surface area contributed by atoms with E-state index in [1.807, 2.05) is 0 Å². The zero-order chi connectivity index (χ0) is 6.85. The van der Waals surface area contributed by atoms with Crippen LogP contribution in [-0.4, -0.2) is 9.97 Å². The minimum Gasteiger partial charge on any atom is -0.382 e. The largest absolute Gasteiger partial charge is 0.382 e. The first-order valence-electron chi connectivity index (χ1n) is 2.30. The number of aromatic amines is 1. The maximum Gasteiger partial charge on any atom is 0.268 e. The molecule has 0 atom stereocenters. The summed E-state index contributed by atoms with van der Waals surface area (Å²) >= 11 is 0. The Labute approximate surface area is 50.7 Å². The van der Waals surface area contributed by atoms with Gasteiger partial charge in [-0.15, -0.1) is 0 Å². The molecule has 0 aromatic carbocycles. The van der Waals surface area contributed by atoms with Gasteiger partial charge in [-0.05, 0) is 0 Å². The smallest absolute Gasteiger partial charge is 0.268 e. The monoisotopic (exact) mass is 126 g/mol. The van der Waals surface area contributed by atoms with Crippen LogP contribution in [0.5, 0.6) is 0 Å². The molecule has 5 heteroatoms. The second-order valence-electron chi connectivity index (χ2n) is 1.55. The molecule has 0 saturated carbocycles. The normalized spacial score (nSPS) is 9.33. The van der Waals surface area contributed by atoms with Crippen molar-refractivity contribution in [3.8, 4) is 0 Å². The Hall–Kier alpha value is -1.52. The van der Waals surface area contributed by atoms with Gasteiger partial charge in [0.2, 0.25) is 0 Å². The van der Waals surface area contributed by atoms with Crippen LogP contribution < -0.4 is 17.0 Å². The molecule has 0 bridgehead atoms. The van der Waals surface area contributed by atoms with Crippen molar-refractivity contribution < 1.29 is 0 Å². The SMILES string of the molecule is Nc1ncc(=O)[nH]c1N. The van der Waals surface area contributed by atoms with Crippen LogP contribution >= 0.6 is 0 Å². The van der Waals surface area contributed by atoms with Gasteiger partial charge >= 0.3 is 0 Å². The third-order valence-corrected chi connectivity index (χ3v) is 0.855. The summed E-state index contributed by atoms with van der Waals surface area (Å²) in [6.07, 6.45) is 1.08. The van der Waals surface area contributed by atoms with Gasteiger partial charge in [0, 0.05) is 0 Å². The van der Waals surface area contributed by atoms with Crippen molar-refractivity contribution in [2.45, 2.75) is 0 Å². The molecule has 0 amide bonds. The van der Waals surface area contributed by atoms with Crippen molar-refractivity contribution in [3.63, 3.8) is 0 Å². The van der Waals surface area contributed by atoms with Crippen molar-refractivity contribution in [1.29, 1.82) is 0 Å². The van der Waals surface area contributed by atoms with E-state index in [1.54, 1.807) is 0 Å². The van der Waals surface area contributed by atoms with E-state index in [-0.39, 0.29) is 17.2 Å². The van der Waals surface area contributed by atoms with Gasteiger partial charge in [-0.2, -0.15) is 0 Å². The molecule has 0 fully saturated rings. The highest BCUT2D eigenvalue weighted by Gasteiger charge is 1.92. The lowest BCUT2D eigenvalue weighted by molar-refractivity contribution is 1.16. The van der Waals surface area contributed by atoms with Gasteiger partial charge in [-0.3, -0.25) is 4.79 Å². The van der Waals surface area contributed by atoms with Crippen molar-refractivity contribution in [2.75, 3.05) is 11.5 Å². The number of hydrogen-bond donors (Lipinski definition) is 3. The molecule has 0 aliphatic carbocycles. The Balaban J connectivity index is 3.34. The molecule has 1 aromatic rings. The highest BCUT2D eigenvalue weighted by Crippen LogP contribution is 1.99. The summed E-state index contributed by atoms with van der Waals surface area (Å²) in [5.74, 6) is 0.261. The molecule has 1 heterocycles. The van der Waals surface area contributed by atoms with Crippen LogP contribution in [0.4, 0.5) is 11.6 Å².